The van der Waals surface area contributed by atoms with Gasteiger partial charge in [-0.15, -0.1) is 11.3 Å². The summed E-state index contributed by atoms with van der Waals surface area (Å²) in [6.07, 6.45) is 3.25. The van der Waals surface area contributed by atoms with Crippen molar-refractivity contribution in [2.24, 2.45) is 0 Å². The third-order valence-electron chi connectivity index (χ3n) is 2.57. The van der Waals surface area contributed by atoms with Gasteiger partial charge in [-0.1, -0.05) is 0 Å². The second-order valence-corrected chi connectivity index (χ2v) is 4.77. The summed E-state index contributed by atoms with van der Waals surface area (Å²) in [5.41, 5.74) is 6.49. The van der Waals surface area contributed by atoms with Crippen molar-refractivity contribution >= 4 is 28.8 Å². The summed E-state index contributed by atoms with van der Waals surface area (Å²) in [6.45, 7) is 1.95. The first-order valence-electron chi connectivity index (χ1n) is 5.62. The van der Waals surface area contributed by atoms with E-state index in [1.54, 1.807) is 6.20 Å². The predicted octanol–water partition coefficient (Wildman–Crippen LogP) is 2.08. The van der Waals surface area contributed by atoms with Crippen LogP contribution in [0.3, 0.4) is 0 Å². The Morgan fingerprint density at radius 2 is 2.26 bits per heavy atom. The normalized spacial score (nSPS) is 11.9. The van der Waals surface area contributed by atoms with Crippen LogP contribution in [0, 0.1) is 0 Å². The number of thiazole rings is 1. The van der Waals surface area contributed by atoms with Crippen molar-refractivity contribution in [1.82, 2.24) is 9.97 Å². The molecule has 0 saturated heterocycles. The molecule has 100 valence electrons. The molecule has 19 heavy (non-hydrogen) atoms. The van der Waals surface area contributed by atoms with Gasteiger partial charge >= 0.3 is 5.97 Å². The molecule has 0 spiro atoms. The van der Waals surface area contributed by atoms with Gasteiger partial charge in [0, 0.05) is 17.8 Å². The zero-order chi connectivity index (χ0) is 13.8. The Labute approximate surface area is 114 Å². The van der Waals surface area contributed by atoms with Crippen LogP contribution in [0.4, 0.5) is 11.5 Å². The molecular weight excluding hydrogens is 264 g/mol. The average molecular weight is 278 g/mol. The largest absolute Gasteiger partial charge is 0.465 e. The fourth-order valence-corrected chi connectivity index (χ4v) is 2.24. The van der Waals surface area contributed by atoms with Crippen LogP contribution in [0.2, 0.25) is 0 Å². The van der Waals surface area contributed by atoms with Crippen molar-refractivity contribution in [3.05, 3.63) is 34.4 Å². The molecule has 0 saturated carbocycles. The van der Waals surface area contributed by atoms with Gasteiger partial charge < -0.3 is 15.8 Å². The number of nitrogen functional groups attached to an aromatic ring is 1. The van der Waals surface area contributed by atoms with Crippen LogP contribution in [0.1, 0.15) is 28.3 Å². The van der Waals surface area contributed by atoms with E-state index in [2.05, 4.69) is 20.0 Å². The summed E-state index contributed by atoms with van der Waals surface area (Å²) in [4.78, 5) is 19.9. The van der Waals surface area contributed by atoms with E-state index in [9.17, 15) is 4.79 Å². The van der Waals surface area contributed by atoms with E-state index >= 15 is 0 Å². The Hall–Kier alpha value is -2.15. The number of carbonyl (C=O) groups is 1. The second-order valence-electron chi connectivity index (χ2n) is 3.85. The van der Waals surface area contributed by atoms with Crippen molar-refractivity contribution in [2.75, 3.05) is 18.2 Å². The topological polar surface area (TPSA) is 90.1 Å². The van der Waals surface area contributed by atoms with Gasteiger partial charge in [-0.3, -0.25) is 0 Å². The minimum Gasteiger partial charge on any atom is -0.465 e. The molecule has 0 aliphatic heterocycles. The smallest absolute Gasteiger partial charge is 0.340 e. The molecule has 0 amide bonds. The number of ether oxygens (including phenoxy) is 1. The molecule has 6 nitrogen and oxygen atoms in total. The number of pyridine rings is 1. The van der Waals surface area contributed by atoms with Crippen LogP contribution in [-0.2, 0) is 4.74 Å². The zero-order valence-electron chi connectivity index (χ0n) is 10.6. The molecule has 2 aromatic rings. The number of rotatable bonds is 4. The fraction of sp³-hybridized carbons (Fsp3) is 0.250. The molecule has 1 atom stereocenters. The van der Waals surface area contributed by atoms with Crippen LogP contribution in [0.15, 0.2) is 23.8 Å². The van der Waals surface area contributed by atoms with Crippen molar-refractivity contribution in [3.63, 3.8) is 0 Å². The molecule has 0 radical (unpaired) electrons. The van der Waals surface area contributed by atoms with Crippen molar-refractivity contribution in [2.45, 2.75) is 13.0 Å². The number of aromatic nitrogens is 2. The molecule has 0 aliphatic rings. The van der Waals surface area contributed by atoms with Gasteiger partial charge in [-0.25, -0.2) is 14.8 Å². The van der Waals surface area contributed by atoms with Crippen LogP contribution in [0.25, 0.3) is 0 Å². The third kappa shape index (κ3) is 2.82. The summed E-state index contributed by atoms with van der Waals surface area (Å²) in [7, 11) is 1.31. The number of nitrogens with one attached hydrogen (secondary N) is 1. The molecule has 2 rings (SSSR count). The summed E-state index contributed by atoms with van der Waals surface area (Å²) in [5.74, 6) is -0.0320. The van der Waals surface area contributed by atoms with Gasteiger partial charge in [0.15, 0.2) is 5.82 Å². The highest BCUT2D eigenvalue weighted by Crippen LogP contribution is 2.25. The van der Waals surface area contributed by atoms with Gasteiger partial charge in [-0.05, 0) is 13.0 Å². The van der Waals surface area contributed by atoms with E-state index in [1.165, 1.54) is 30.7 Å². The molecule has 0 aromatic carbocycles. The van der Waals surface area contributed by atoms with Gasteiger partial charge in [0.05, 0.1) is 24.4 Å². The highest BCUT2D eigenvalue weighted by molar-refractivity contribution is 7.09. The highest BCUT2D eigenvalue weighted by atomic mass is 32.1. The van der Waals surface area contributed by atoms with Crippen LogP contribution in [0.5, 0.6) is 0 Å². The minimum absolute atomic E-state index is 0.0392. The van der Waals surface area contributed by atoms with Gasteiger partial charge in [0.2, 0.25) is 0 Å². The molecule has 0 fully saturated rings. The Morgan fingerprint density at radius 3 is 2.89 bits per heavy atom. The van der Waals surface area contributed by atoms with Crippen molar-refractivity contribution in [3.8, 4) is 0 Å². The molecule has 1 unspecified atom stereocenters. The summed E-state index contributed by atoms with van der Waals surface area (Å²) in [5, 5.41) is 5.95. The number of methoxy groups -OCH3 is 1. The van der Waals surface area contributed by atoms with Gasteiger partial charge in [-0.2, -0.15) is 0 Å². The maximum Gasteiger partial charge on any atom is 0.340 e. The number of hydrogen-bond donors (Lipinski definition) is 2. The standard InChI is InChI=1S/C12H14N4O2S/c1-7(11-15-5-6-19-11)16-10-9(13)8(3-4-14-10)12(17)18-2/h3-7H,13H2,1-2H3,(H,14,16). The van der Waals surface area contributed by atoms with E-state index in [-0.39, 0.29) is 11.7 Å². The number of carbonyl (C=O) groups excluding carboxylic acids is 1. The lowest BCUT2D eigenvalue weighted by Crippen LogP contribution is -2.13. The number of hydrogen-bond acceptors (Lipinski definition) is 7. The quantitative estimate of drug-likeness (QED) is 0.832. The average Bonchev–Trinajstić information content (AvgIpc) is 2.94. The zero-order valence-corrected chi connectivity index (χ0v) is 11.4. The van der Waals surface area contributed by atoms with E-state index < -0.39 is 5.97 Å². The summed E-state index contributed by atoms with van der Waals surface area (Å²) < 4.78 is 4.66. The molecule has 7 heteroatoms. The Balaban J connectivity index is 2.24. The second kappa shape index (κ2) is 5.66. The number of nitrogens with two attached hydrogens (primary N) is 1. The van der Waals surface area contributed by atoms with Crippen LogP contribution >= 0.6 is 11.3 Å². The lowest BCUT2D eigenvalue weighted by atomic mass is 10.2. The Morgan fingerprint density at radius 1 is 1.47 bits per heavy atom. The highest BCUT2D eigenvalue weighted by Gasteiger charge is 2.16. The van der Waals surface area contributed by atoms with Gasteiger partial charge in [0.1, 0.15) is 5.01 Å². The Bertz CT molecular complexity index is 571. The fourth-order valence-electron chi connectivity index (χ4n) is 1.59. The summed E-state index contributed by atoms with van der Waals surface area (Å²) >= 11 is 1.54. The van der Waals surface area contributed by atoms with Crippen LogP contribution < -0.4 is 11.1 Å². The lowest BCUT2D eigenvalue weighted by molar-refractivity contribution is 0.0602. The van der Waals surface area contributed by atoms with Crippen molar-refractivity contribution in [1.29, 1.82) is 0 Å². The number of anilines is 2. The molecule has 3 N–H and O–H groups in total. The maximum atomic E-state index is 11.5. The third-order valence-corrected chi connectivity index (χ3v) is 3.53. The van der Waals surface area contributed by atoms with E-state index in [1.807, 2.05) is 12.3 Å². The van der Waals surface area contributed by atoms with Crippen LogP contribution in [-0.4, -0.2) is 23.0 Å². The molecule has 0 aliphatic carbocycles. The predicted molar refractivity (Wildman–Crippen MR) is 74.1 cm³/mol. The number of esters is 1. The first-order chi connectivity index (χ1) is 9.13. The van der Waals surface area contributed by atoms with E-state index in [4.69, 9.17) is 5.73 Å². The van der Waals surface area contributed by atoms with Gasteiger partial charge in [0.25, 0.3) is 0 Å². The Kier molecular flexibility index (Phi) is 3.96. The molecule has 2 aromatic heterocycles. The SMILES string of the molecule is COC(=O)c1ccnc(NC(C)c2nccs2)c1N. The number of nitrogens with zero attached hydrogens (tertiary/aromatic N) is 2. The monoisotopic (exact) mass is 278 g/mol. The molecule has 0 bridgehead atoms. The maximum absolute atomic E-state index is 11.5. The van der Waals surface area contributed by atoms with Crippen molar-refractivity contribution < 1.29 is 9.53 Å². The minimum atomic E-state index is -0.482. The molecular formula is C12H14N4O2S. The summed E-state index contributed by atoms with van der Waals surface area (Å²) in [6, 6.07) is 1.49. The van der Waals surface area contributed by atoms with E-state index in [0.29, 0.717) is 11.4 Å². The first kappa shape index (κ1) is 13.3. The lowest BCUT2D eigenvalue weighted by Gasteiger charge is -2.14. The molecule has 2 heterocycles. The van der Waals surface area contributed by atoms with E-state index in [0.717, 1.165) is 5.01 Å². The first-order valence-corrected chi connectivity index (χ1v) is 6.50.